The summed E-state index contributed by atoms with van der Waals surface area (Å²) in [5.41, 5.74) is 0.579. The van der Waals surface area contributed by atoms with Gasteiger partial charge in [0.2, 0.25) is 0 Å². The van der Waals surface area contributed by atoms with Gasteiger partial charge >= 0.3 is 11.9 Å². The Kier molecular flexibility index (Phi) is 5.31. The number of carbonyl (C=O) groups is 2. The van der Waals surface area contributed by atoms with Gasteiger partial charge in [-0.2, -0.15) is 0 Å². The summed E-state index contributed by atoms with van der Waals surface area (Å²) in [4.78, 5) is 28.7. The Labute approximate surface area is 104 Å². The lowest BCUT2D eigenvalue weighted by Gasteiger charge is -2.19. The van der Waals surface area contributed by atoms with E-state index in [1.54, 1.807) is 6.20 Å². The molecule has 7 heteroatoms. The van der Waals surface area contributed by atoms with E-state index in [2.05, 4.69) is 15.3 Å². The highest BCUT2D eigenvalue weighted by Gasteiger charge is 2.25. The molecule has 1 unspecified atom stereocenters. The average Bonchev–Trinajstić information content (AvgIpc) is 2.79. The maximum atomic E-state index is 11.1. The lowest BCUT2D eigenvalue weighted by Crippen LogP contribution is -2.48. The Balaban J connectivity index is 2.67. The summed E-state index contributed by atoms with van der Waals surface area (Å²) in [5, 5.41) is 20.7. The number of carboxylic acids is 2. The zero-order valence-corrected chi connectivity index (χ0v) is 10.1. The Morgan fingerprint density at radius 3 is 2.50 bits per heavy atom. The van der Waals surface area contributed by atoms with Crippen LogP contribution in [0.15, 0.2) is 12.5 Å². The lowest BCUT2D eigenvalue weighted by molar-refractivity contribution is -0.142. The van der Waals surface area contributed by atoms with Crippen molar-refractivity contribution in [2.24, 2.45) is 0 Å². The first kappa shape index (κ1) is 14.2. The van der Waals surface area contributed by atoms with Crippen LogP contribution < -0.4 is 5.32 Å². The number of aliphatic carboxylic acids is 2. The normalized spacial score (nSPS) is 14.1. The van der Waals surface area contributed by atoms with Gasteiger partial charge in [-0.05, 0) is 6.42 Å². The van der Waals surface area contributed by atoms with Crippen molar-refractivity contribution < 1.29 is 19.8 Å². The average molecular weight is 255 g/mol. The maximum absolute atomic E-state index is 11.1. The van der Waals surface area contributed by atoms with Crippen LogP contribution >= 0.6 is 0 Å². The Bertz CT molecular complexity index is 391. The second-order valence-electron chi connectivity index (χ2n) is 4.00. The summed E-state index contributed by atoms with van der Waals surface area (Å²) in [5.74, 6) is -2.12. The first-order valence-corrected chi connectivity index (χ1v) is 5.74. The number of H-pyrrole nitrogens is 1. The third kappa shape index (κ3) is 4.17. The largest absolute Gasteiger partial charge is 0.480 e. The number of nitrogens with zero attached hydrogens (tertiary/aromatic N) is 1. The van der Waals surface area contributed by atoms with Gasteiger partial charge in [0.1, 0.15) is 12.1 Å². The molecule has 1 heterocycles. The van der Waals surface area contributed by atoms with Crippen molar-refractivity contribution in [3.8, 4) is 0 Å². The molecule has 4 N–H and O–H groups in total. The van der Waals surface area contributed by atoms with Gasteiger partial charge in [-0.25, -0.2) is 4.98 Å². The predicted octanol–water partition coefficient (Wildman–Crippen LogP) is 0.248. The molecule has 0 saturated carbocycles. The van der Waals surface area contributed by atoms with Crippen molar-refractivity contribution in [2.45, 2.75) is 38.3 Å². The maximum Gasteiger partial charge on any atom is 0.321 e. The molecule has 0 aliphatic heterocycles. The molecule has 0 spiro atoms. The summed E-state index contributed by atoms with van der Waals surface area (Å²) in [6.07, 6.45) is 4.24. The first-order valence-electron chi connectivity index (χ1n) is 5.74. The first-order chi connectivity index (χ1) is 8.54. The topological polar surface area (TPSA) is 115 Å². The third-order valence-corrected chi connectivity index (χ3v) is 2.54. The van der Waals surface area contributed by atoms with Crippen LogP contribution in [-0.4, -0.2) is 44.2 Å². The molecule has 1 aromatic heterocycles. The van der Waals surface area contributed by atoms with Crippen molar-refractivity contribution >= 4 is 11.9 Å². The van der Waals surface area contributed by atoms with Crippen LogP contribution in [0.4, 0.5) is 0 Å². The SMILES string of the molecule is CCCC(N[C@H](Cc1c[nH]cn1)C(=O)O)C(=O)O. The van der Waals surface area contributed by atoms with Gasteiger partial charge < -0.3 is 15.2 Å². The summed E-state index contributed by atoms with van der Waals surface area (Å²) in [7, 11) is 0. The second-order valence-corrected chi connectivity index (χ2v) is 4.00. The van der Waals surface area contributed by atoms with Crippen LogP contribution in [0.25, 0.3) is 0 Å². The summed E-state index contributed by atoms with van der Waals surface area (Å²) < 4.78 is 0. The van der Waals surface area contributed by atoms with Gasteiger partial charge in [0.25, 0.3) is 0 Å². The van der Waals surface area contributed by atoms with Crippen LogP contribution in [0, 0.1) is 0 Å². The number of aromatic nitrogens is 2. The molecule has 0 radical (unpaired) electrons. The fraction of sp³-hybridized carbons (Fsp3) is 0.545. The molecule has 0 aliphatic rings. The molecule has 18 heavy (non-hydrogen) atoms. The zero-order chi connectivity index (χ0) is 13.5. The second kappa shape index (κ2) is 6.75. The predicted molar refractivity (Wildman–Crippen MR) is 63.2 cm³/mol. The number of hydrogen-bond donors (Lipinski definition) is 4. The van der Waals surface area contributed by atoms with Gasteiger partial charge in [-0.3, -0.25) is 14.9 Å². The van der Waals surface area contributed by atoms with Gasteiger partial charge in [-0.1, -0.05) is 13.3 Å². The van der Waals surface area contributed by atoms with E-state index in [4.69, 9.17) is 10.2 Å². The smallest absolute Gasteiger partial charge is 0.321 e. The third-order valence-electron chi connectivity index (χ3n) is 2.54. The van der Waals surface area contributed by atoms with Gasteiger partial charge in [0.05, 0.1) is 12.0 Å². The molecule has 7 nitrogen and oxygen atoms in total. The van der Waals surface area contributed by atoms with Crippen LogP contribution in [0.3, 0.4) is 0 Å². The van der Waals surface area contributed by atoms with Gasteiger partial charge in [0, 0.05) is 12.6 Å². The summed E-state index contributed by atoms with van der Waals surface area (Å²) >= 11 is 0. The van der Waals surface area contributed by atoms with E-state index in [1.807, 2.05) is 6.92 Å². The standard InChI is InChI=1S/C11H17N3O4/c1-2-3-8(10(15)16)14-9(11(17)18)4-7-5-12-6-13-7/h5-6,8-9,14H,2-4H2,1H3,(H,12,13)(H,15,16)(H,17,18)/t8?,9-/m1/s1. The molecule has 0 aromatic carbocycles. The summed E-state index contributed by atoms with van der Waals surface area (Å²) in [6.45, 7) is 1.85. The molecule has 0 aliphatic carbocycles. The minimum absolute atomic E-state index is 0.145. The Hall–Kier alpha value is -1.89. The van der Waals surface area contributed by atoms with E-state index in [0.29, 0.717) is 18.5 Å². The van der Waals surface area contributed by atoms with Crippen LogP contribution in [-0.2, 0) is 16.0 Å². The number of rotatable bonds is 8. The minimum Gasteiger partial charge on any atom is -0.480 e. The number of hydrogen-bond acceptors (Lipinski definition) is 4. The monoisotopic (exact) mass is 255 g/mol. The van der Waals surface area contributed by atoms with Crippen LogP contribution in [0.5, 0.6) is 0 Å². The van der Waals surface area contributed by atoms with Gasteiger partial charge in [-0.15, -0.1) is 0 Å². The van der Waals surface area contributed by atoms with Crippen molar-refractivity contribution in [3.63, 3.8) is 0 Å². The highest BCUT2D eigenvalue weighted by Crippen LogP contribution is 2.04. The van der Waals surface area contributed by atoms with Crippen molar-refractivity contribution in [1.82, 2.24) is 15.3 Å². The number of carboxylic acid groups (broad SMARTS) is 2. The molecule has 0 bridgehead atoms. The van der Waals surface area contributed by atoms with E-state index in [0.717, 1.165) is 0 Å². The molecular weight excluding hydrogens is 238 g/mol. The van der Waals surface area contributed by atoms with Crippen molar-refractivity contribution in [2.75, 3.05) is 0 Å². The lowest BCUT2D eigenvalue weighted by atomic mass is 10.1. The van der Waals surface area contributed by atoms with Crippen molar-refractivity contribution in [1.29, 1.82) is 0 Å². The number of aromatic amines is 1. The van der Waals surface area contributed by atoms with E-state index < -0.39 is 24.0 Å². The fourth-order valence-electron chi connectivity index (χ4n) is 1.64. The highest BCUT2D eigenvalue weighted by molar-refractivity contribution is 5.77. The molecular formula is C11H17N3O4. The molecule has 0 amide bonds. The van der Waals surface area contributed by atoms with Crippen LogP contribution in [0.1, 0.15) is 25.5 Å². The number of nitrogens with one attached hydrogen (secondary N) is 2. The molecule has 0 fully saturated rings. The van der Waals surface area contributed by atoms with E-state index in [1.165, 1.54) is 6.33 Å². The van der Waals surface area contributed by atoms with E-state index >= 15 is 0 Å². The van der Waals surface area contributed by atoms with E-state index in [-0.39, 0.29) is 6.42 Å². The molecule has 100 valence electrons. The summed E-state index contributed by atoms with van der Waals surface area (Å²) in [6, 6.07) is -1.81. The van der Waals surface area contributed by atoms with Gasteiger partial charge in [0.15, 0.2) is 0 Å². The Morgan fingerprint density at radius 2 is 2.06 bits per heavy atom. The fourth-order valence-corrected chi connectivity index (χ4v) is 1.64. The zero-order valence-electron chi connectivity index (χ0n) is 10.1. The molecule has 2 atom stereocenters. The van der Waals surface area contributed by atoms with E-state index in [9.17, 15) is 9.59 Å². The minimum atomic E-state index is -1.08. The highest BCUT2D eigenvalue weighted by atomic mass is 16.4. The Morgan fingerprint density at radius 1 is 1.39 bits per heavy atom. The molecule has 0 saturated heterocycles. The quantitative estimate of drug-likeness (QED) is 0.529. The van der Waals surface area contributed by atoms with Crippen molar-refractivity contribution in [3.05, 3.63) is 18.2 Å². The molecule has 1 aromatic rings. The van der Waals surface area contributed by atoms with Crippen LogP contribution in [0.2, 0.25) is 0 Å². The molecule has 1 rings (SSSR count). The number of imidazole rings is 1.